The van der Waals surface area contributed by atoms with Crippen LogP contribution in [0.5, 0.6) is 0 Å². The lowest BCUT2D eigenvalue weighted by Gasteiger charge is -2.30. The first-order valence-corrected chi connectivity index (χ1v) is 7.44. The van der Waals surface area contributed by atoms with Gasteiger partial charge in [0.15, 0.2) is 0 Å². The van der Waals surface area contributed by atoms with Gasteiger partial charge < -0.3 is 10.6 Å². The van der Waals surface area contributed by atoms with Gasteiger partial charge in [-0.2, -0.15) is 0 Å². The molecule has 3 nitrogen and oxygen atoms in total. The molecule has 3 rings (SSSR count). The van der Waals surface area contributed by atoms with Crippen LogP contribution in [0.2, 0.25) is 0 Å². The van der Waals surface area contributed by atoms with Crippen LogP contribution < -0.4 is 5.73 Å². The molecule has 1 amide bonds. The van der Waals surface area contributed by atoms with Crippen molar-refractivity contribution < 1.29 is 4.79 Å². The van der Waals surface area contributed by atoms with Gasteiger partial charge in [0.25, 0.3) is 5.91 Å². The van der Waals surface area contributed by atoms with Crippen molar-refractivity contribution >= 4 is 18.3 Å². The quantitative estimate of drug-likeness (QED) is 0.923. The number of hydrogen-bond acceptors (Lipinski definition) is 2. The molecule has 2 aromatic rings. The van der Waals surface area contributed by atoms with Crippen molar-refractivity contribution in [2.24, 2.45) is 5.73 Å². The Morgan fingerprint density at radius 2 is 1.45 bits per heavy atom. The highest BCUT2D eigenvalue weighted by atomic mass is 35.5. The fraction of sp³-hybridized carbons (Fsp3) is 0.278. The van der Waals surface area contributed by atoms with Crippen LogP contribution in [-0.4, -0.2) is 29.9 Å². The second kappa shape index (κ2) is 7.43. The van der Waals surface area contributed by atoms with Crippen LogP contribution in [0.25, 0.3) is 11.1 Å². The molecule has 116 valence electrons. The number of nitrogens with zero attached hydrogens (tertiary/aromatic N) is 1. The van der Waals surface area contributed by atoms with Gasteiger partial charge in [0.1, 0.15) is 0 Å². The first-order chi connectivity index (χ1) is 10.2. The van der Waals surface area contributed by atoms with Crippen LogP contribution in [0, 0.1) is 0 Å². The molecule has 1 aliphatic heterocycles. The first kappa shape index (κ1) is 16.5. The highest BCUT2D eigenvalue weighted by Gasteiger charge is 2.21. The Hall–Kier alpha value is -1.84. The van der Waals surface area contributed by atoms with Gasteiger partial charge in [0.05, 0.1) is 0 Å². The van der Waals surface area contributed by atoms with E-state index in [1.54, 1.807) is 0 Å². The Balaban J connectivity index is 0.00000176. The van der Waals surface area contributed by atoms with Crippen LogP contribution in [0.1, 0.15) is 23.2 Å². The average Bonchev–Trinajstić information content (AvgIpc) is 2.56. The summed E-state index contributed by atoms with van der Waals surface area (Å²) in [6.07, 6.45) is 1.79. The Labute approximate surface area is 137 Å². The summed E-state index contributed by atoms with van der Waals surface area (Å²) >= 11 is 0. The number of rotatable bonds is 2. The number of piperidine rings is 1. The molecule has 0 aromatic heterocycles. The molecule has 0 aliphatic carbocycles. The number of halogens is 1. The maximum Gasteiger partial charge on any atom is 0.253 e. The van der Waals surface area contributed by atoms with Crippen LogP contribution in [0.3, 0.4) is 0 Å². The van der Waals surface area contributed by atoms with Crippen molar-refractivity contribution in [3.05, 3.63) is 60.2 Å². The first-order valence-electron chi connectivity index (χ1n) is 7.44. The van der Waals surface area contributed by atoms with Gasteiger partial charge in [-0.1, -0.05) is 42.5 Å². The summed E-state index contributed by atoms with van der Waals surface area (Å²) in [7, 11) is 0. The normalized spacial score (nSPS) is 15.2. The minimum absolute atomic E-state index is 0. The molecule has 2 aromatic carbocycles. The lowest BCUT2D eigenvalue weighted by Crippen LogP contribution is -2.42. The van der Waals surface area contributed by atoms with Crippen LogP contribution in [-0.2, 0) is 0 Å². The Kier molecular flexibility index (Phi) is 5.58. The summed E-state index contributed by atoms with van der Waals surface area (Å²) in [6.45, 7) is 1.53. The molecule has 1 heterocycles. The van der Waals surface area contributed by atoms with E-state index in [1.807, 2.05) is 47.4 Å². The third-order valence-electron chi connectivity index (χ3n) is 4.07. The third-order valence-corrected chi connectivity index (χ3v) is 4.07. The van der Waals surface area contributed by atoms with Crippen molar-refractivity contribution in [1.82, 2.24) is 4.90 Å². The van der Waals surface area contributed by atoms with Gasteiger partial charge in [0.2, 0.25) is 0 Å². The zero-order valence-electron chi connectivity index (χ0n) is 12.4. The SMILES string of the molecule is Cl.NC1CCN(C(=O)c2ccc(-c3ccccc3)cc2)CC1. The van der Waals surface area contributed by atoms with E-state index < -0.39 is 0 Å². The molecule has 1 aliphatic rings. The highest BCUT2D eigenvalue weighted by molar-refractivity contribution is 5.94. The van der Waals surface area contributed by atoms with Crippen LogP contribution in [0.15, 0.2) is 54.6 Å². The number of nitrogens with two attached hydrogens (primary N) is 1. The molecule has 1 fully saturated rings. The number of amides is 1. The molecule has 1 saturated heterocycles. The minimum atomic E-state index is 0. The topological polar surface area (TPSA) is 46.3 Å². The molecule has 0 spiro atoms. The number of likely N-dealkylation sites (tertiary alicyclic amines) is 1. The average molecular weight is 317 g/mol. The van der Waals surface area contributed by atoms with E-state index in [-0.39, 0.29) is 24.4 Å². The molecular weight excluding hydrogens is 296 g/mol. The Morgan fingerprint density at radius 3 is 2.05 bits per heavy atom. The van der Waals surface area contributed by atoms with E-state index in [9.17, 15) is 4.79 Å². The van der Waals surface area contributed by atoms with Gasteiger partial charge in [-0.05, 0) is 36.1 Å². The lowest BCUT2D eigenvalue weighted by atomic mass is 10.0. The van der Waals surface area contributed by atoms with Crippen LogP contribution in [0.4, 0.5) is 0 Å². The van der Waals surface area contributed by atoms with E-state index in [2.05, 4.69) is 12.1 Å². The fourth-order valence-corrected chi connectivity index (χ4v) is 2.72. The number of carbonyl (C=O) groups excluding carboxylic acids is 1. The van der Waals surface area contributed by atoms with E-state index in [0.29, 0.717) is 0 Å². The predicted octanol–water partition coefficient (Wildman–Crippen LogP) is 3.34. The molecule has 22 heavy (non-hydrogen) atoms. The molecule has 0 bridgehead atoms. The number of carbonyl (C=O) groups is 1. The standard InChI is InChI=1S/C18H20N2O.ClH/c19-17-10-12-20(13-11-17)18(21)16-8-6-15(7-9-16)14-4-2-1-3-5-14;/h1-9,17H,10-13,19H2;1H. The van der Waals surface area contributed by atoms with Crippen molar-refractivity contribution in [3.63, 3.8) is 0 Å². The zero-order chi connectivity index (χ0) is 14.7. The van der Waals surface area contributed by atoms with E-state index in [4.69, 9.17) is 5.73 Å². The third kappa shape index (κ3) is 3.67. The van der Waals surface area contributed by atoms with Gasteiger partial charge in [-0.3, -0.25) is 4.79 Å². The van der Waals surface area contributed by atoms with Gasteiger partial charge in [-0.25, -0.2) is 0 Å². The van der Waals surface area contributed by atoms with Crippen molar-refractivity contribution in [3.8, 4) is 11.1 Å². The monoisotopic (exact) mass is 316 g/mol. The number of benzene rings is 2. The summed E-state index contributed by atoms with van der Waals surface area (Å²) < 4.78 is 0. The Morgan fingerprint density at radius 1 is 0.909 bits per heavy atom. The van der Waals surface area contributed by atoms with Crippen molar-refractivity contribution in [2.45, 2.75) is 18.9 Å². The summed E-state index contributed by atoms with van der Waals surface area (Å²) in [5.41, 5.74) is 8.94. The molecule has 0 radical (unpaired) electrons. The second-order valence-electron chi connectivity index (χ2n) is 5.57. The molecule has 0 atom stereocenters. The summed E-state index contributed by atoms with van der Waals surface area (Å²) in [4.78, 5) is 14.3. The second-order valence-corrected chi connectivity index (χ2v) is 5.57. The zero-order valence-corrected chi connectivity index (χ0v) is 13.3. The van der Waals surface area contributed by atoms with Gasteiger partial charge in [0, 0.05) is 24.7 Å². The Bertz CT molecular complexity index is 605. The molecule has 0 saturated carbocycles. The summed E-state index contributed by atoms with van der Waals surface area (Å²) in [5.74, 6) is 0.113. The van der Waals surface area contributed by atoms with Crippen molar-refractivity contribution in [2.75, 3.05) is 13.1 Å². The molecule has 4 heteroatoms. The lowest BCUT2D eigenvalue weighted by molar-refractivity contribution is 0.0715. The van der Waals surface area contributed by atoms with Crippen molar-refractivity contribution in [1.29, 1.82) is 0 Å². The largest absolute Gasteiger partial charge is 0.339 e. The molecule has 0 unspecified atom stereocenters. The maximum atomic E-state index is 12.4. The summed E-state index contributed by atoms with van der Waals surface area (Å²) in [5, 5.41) is 0. The molecular formula is C18H21ClN2O. The highest BCUT2D eigenvalue weighted by Crippen LogP contribution is 2.20. The van der Waals surface area contributed by atoms with Crippen LogP contribution >= 0.6 is 12.4 Å². The maximum absolute atomic E-state index is 12.4. The van der Waals surface area contributed by atoms with E-state index in [0.717, 1.165) is 37.1 Å². The smallest absolute Gasteiger partial charge is 0.253 e. The molecule has 2 N–H and O–H groups in total. The summed E-state index contributed by atoms with van der Waals surface area (Å²) in [6, 6.07) is 18.3. The predicted molar refractivity (Wildman–Crippen MR) is 92.2 cm³/mol. The fourth-order valence-electron chi connectivity index (χ4n) is 2.72. The minimum Gasteiger partial charge on any atom is -0.339 e. The van der Waals surface area contributed by atoms with Gasteiger partial charge in [-0.15, -0.1) is 12.4 Å². The van der Waals surface area contributed by atoms with E-state index in [1.165, 1.54) is 5.56 Å². The van der Waals surface area contributed by atoms with E-state index >= 15 is 0 Å². The van der Waals surface area contributed by atoms with Gasteiger partial charge >= 0.3 is 0 Å². The number of hydrogen-bond donors (Lipinski definition) is 1.